The molecule has 0 rings (SSSR count). The van der Waals surface area contributed by atoms with Crippen LogP contribution in [0.2, 0.25) is 0 Å². The number of phosphoric ester groups is 2. The van der Waals surface area contributed by atoms with Gasteiger partial charge in [0.1, 0.15) is 19.3 Å². The normalized spacial score (nSPS) is 15.0. The highest BCUT2D eigenvalue weighted by Crippen LogP contribution is 2.45. The predicted molar refractivity (Wildman–Crippen MR) is 354 cm³/mol. The first-order valence-electron chi connectivity index (χ1n) is 35.2. The molecule has 0 bridgehead atoms. The monoisotopic (exact) mass is 1290 g/mol. The summed E-state index contributed by atoms with van der Waals surface area (Å²) in [5.74, 6) is 0.0495. The molecule has 518 valence electrons. The zero-order chi connectivity index (χ0) is 65.2. The SMILES string of the molecule is CCCCCC/C=C\C=C/CCCCCCCC(=O)OC[C@H](COP(=O)(O)OC[C@@H](O)COP(=O)(O)OC[C@@H](COC(=O)CCCCCCCCC(C)CC)OC(=O)CCCCCCCCCCC(C)CC)OC(=O)CCCCCCCCCCC(C)C. The zero-order valence-corrected chi connectivity index (χ0v) is 58.5. The van der Waals surface area contributed by atoms with Crippen molar-refractivity contribution in [1.29, 1.82) is 0 Å². The van der Waals surface area contributed by atoms with Crippen LogP contribution in [0.25, 0.3) is 0 Å². The van der Waals surface area contributed by atoms with Crippen molar-refractivity contribution in [3.8, 4) is 0 Å². The molecule has 4 unspecified atom stereocenters. The van der Waals surface area contributed by atoms with E-state index < -0.39 is 97.5 Å². The maximum absolute atomic E-state index is 13.0. The summed E-state index contributed by atoms with van der Waals surface area (Å²) < 4.78 is 68.2. The van der Waals surface area contributed by atoms with E-state index in [0.29, 0.717) is 31.6 Å². The molecule has 88 heavy (non-hydrogen) atoms. The van der Waals surface area contributed by atoms with Crippen molar-refractivity contribution >= 4 is 39.5 Å². The molecular formula is C69H130O17P2. The van der Waals surface area contributed by atoms with Crippen LogP contribution in [0, 0.1) is 17.8 Å². The molecular weight excluding hydrogens is 1160 g/mol. The van der Waals surface area contributed by atoms with Gasteiger partial charge in [0, 0.05) is 25.7 Å². The predicted octanol–water partition coefficient (Wildman–Crippen LogP) is 19.0. The Hall–Kier alpha value is -2.46. The molecule has 0 heterocycles. The molecule has 0 radical (unpaired) electrons. The lowest BCUT2D eigenvalue weighted by atomic mass is 9.99. The van der Waals surface area contributed by atoms with Crippen LogP contribution in [0.15, 0.2) is 24.3 Å². The van der Waals surface area contributed by atoms with Crippen LogP contribution in [-0.2, 0) is 65.4 Å². The molecule has 0 amide bonds. The average Bonchev–Trinajstić information content (AvgIpc) is 3.55. The number of rotatable bonds is 65. The van der Waals surface area contributed by atoms with Gasteiger partial charge in [-0.3, -0.25) is 37.3 Å². The van der Waals surface area contributed by atoms with Crippen molar-refractivity contribution < 1.29 is 80.2 Å². The summed E-state index contributed by atoms with van der Waals surface area (Å²) in [5, 5.41) is 10.6. The lowest BCUT2D eigenvalue weighted by Gasteiger charge is -2.21. The van der Waals surface area contributed by atoms with E-state index in [1.807, 2.05) is 0 Å². The molecule has 0 aromatic heterocycles. The number of allylic oxidation sites excluding steroid dienone is 4. The third-order valence-electron chi connectivity index (χ3n) is 16.0. The second-order valence-electron chi connectivity index (χ2n) is 25.2. The minimum Gasteiger partial charge on any atom is -0.462 e. The van der Waals surface area contributed by atoms with Gasteiger partial charge in [0.05, 0.1) is 26.4 Å². The quantitative estimate of drug-likeness (QED) is 0.0169. The number of ether oxygens (including phenoxy) is 4. The molecule has 7 atom stereocenters. The standard InChI is InChI=1S/C69H130O17P2/c1-8-11-12-13-14-15-16-17-18-19-20-21-28-36-43-50-66(71)79-56-64(85-68(73)52-45-38-29-24-22-26-33-40-47-60(4)5)58-83-87(75,76)81-54-63(70)55-82-88(77,78)84-59-65(57-80-67(72)51-44-37-32-31-35-42-49-62(7)10-3)86-69(74)53-46-39-30-25-23-27-34-41-48-61(6)9-2/h15-18,60-65,70H,8-14,19-59H2,1-7H3,(H,75,76)(H,77,78)/b16-15-,18-17-/t61?,62?,63-,64-,65-/m1/s1. The van der Waals surface area contributed by atoms with Crippen LogP contribution in [-0.4, -0.2) is 96.7 Å². The van der Waals surface area contributed by atoms with E-state index in [2.05, 4.69) is 72.8 Å². The number of phosphoric acid groups is 2. The van der Waals surface area contributed by atoms with Gasteiger partial charge < -0.3 is 33.8 Å². The van der Waals surface area contributed by atoms with Gasteiger partial charge in [0.2, 0.25) is 0 Å². The van der Waals surface area contributed by atoms with Crippen LogP contribution in [0.3, 0.4) is 0 Å². The minimum absolute atomic E-state index is 0.0970. The number of hydrogen-bond acceptors (Lipinski definition) is 15. The Morgan fingerprint density at radius 2 is 0.670 bits per heavy atom. The van der Waals surface area contributed by atoms with Gasteiger partial charge in [-0.05, 0) is 69.1 Å². The second-order valence-corrected chi connectivity index (χ2v) is 28.1. The highest BCUT2D eigenvalue weighted by atomic mass is 31.2. The molecule has 17 nitrogen and oxygen atoms in total. The molecule has 19 heteroatoms. The summed E-state index contributed by atoms with van der Waals surface area (Å²) in [4.78, 5) is 72.4. The Labute approximate surface area is 535 Å². The molecule has 0 aliphatic carbocycles. The first-order valence-corrected chi connectivity index (χ1v) is 38.2. The van der Waals surface area contributed by atoms with Crippen molar-refractivity contribution in [2.75, 3.05) is 39.6 Å². The number of aliphatic hydroxyl groups is 1. The Balaban J connectivity index is 5.29. The summed E-state index contributed by atoms with van der Waals surface area (Å²) in [6, 6.07) is 0. The first kappa shape index (κ1) is 85.5. The van der Waals surface area contributed by atoms with E-state index in [-0.39, 0.29) is 25.7 Å². The van der Waals surface area contributed by atoms with Gasteiger partial charge >= 0.3 is 39.5 Å². The van der Waals surface area contributed by atoms with Crippen molar-refractivity contribution in [1.82, 2.24) is 0 Å². The van der Waals surface area contributed by atoms with Crippen molar-refractivity contribution in [3.05, 3.63) is 24.3 Å². The fourth-order valence-corrected chi connectivity index (χ4v) is 11.3. The molecule has 0 aromatic carbocycles. The summed E-state index contributed by atoms with van der Waals surface area (Å²) in [6.07, 6.45) is 45.3. The lowest BCUT2D eigenvalue weighted by molar-refractivity contribution is -0.161. The maximum Gasteiger partial charge on any atom is 0.472 e. The van der Waals surface area contributed by atoms with Crippen LogP contribution in [0.4, 0.5) is 0 Å². The Bertz CT molecular complexity index is 1830. The molecule has 0 saturated heterocycles. The van der Waals surface area contributed by atoms with E-state index in [9.17, 15) is 43.2 Å². The van der Waals surface area contributed by atoms with Crippen molar-refractivity contribution in [2.45, 2.75) is 336 Å². The van der Waals surface area contributed by atoms with E-state index >= 15 is 0 Å². The number of esters is 4. The number of aliphatic hydroxyl groups excluding tert-OH is 1. The maximum atomic E-state index is 13.0. The Morgan fingerprint density at radius 1 is 0.375 bits per heavy atom. The van der Waals surface area contributed by atoms with E-state index in [0.717, 1.165) is 127 Å². The first-order chi connectivity index (χ1) is 42.3. The molecule has 3 N–H and O–H groups in total. The fraction of sp³-hybridized carbons (Fsp3) is 0.884. The molecule has 0 spiro atoms. The highest BCUT2D eigenvalue weighted by Gasteiger charge is 2.30. The van der Waals surface area contributed by atoms with E-state index in [4.69, 9.17) is 37.0 Å². The molecule has 0 aliphatic rings. The minimum atomic E-state index is -4.96. The zero-order valence-electron chi connectivity index (χ0n) is 56.7. The van der Waals surface area contributed by atoms with Crippen LogP contribution in [0.5, 0.6) is 0 Å². The van der Waals surface area contributed by atoms with E-state index in [1.54, 1.807) is 0 Å². The van der Waals surface area contributed by atoms with Crippen LogP contribution < -0.4 is 0 Å². The van der Waals surface area contributed by atoms with Gasteiger partial charge in [0.15, 0.2) is 12.2 Å². The number of carbonyl (C=O) groups excluding carboxylic acids is 4. The molecule has 0 saturated carbocycles. The molecule has 0 aromatic rings. The second kappa shape index (κ2) is 59.5. The summed E-state index contributed by atoms with van der Waals surface area (Å²) >= 11 is 0. The third kappa shape index (κ3) is 59.8. The largest absolute Gasteiger partial charge is 0.472 e. The Morgan fingerprint density at radius 3 is 1.01 bits per heavy atom. The van der Waals surface area contributed by atoms with E-state index in [1.165, 1.54) is 103 Å². The van der Waals surface area contributed by atoms with Crippen molar-refractivity contribution in [2.24, 2.45) is 17.8 Å². The van der Waals surface area contributed by atoms with Gasteiger partial charge in [0.25, 0.3) is 0 Å². The van der Waals surface area contributed by atoms with Crippen LogP contribution in [0.1, 0.15) is 318 Å². The summed E-state index contributed by atoms with van der Waals surface area (Å²) in [7, 11) is -9.91. The smallest absolute Gasteiger partial charge is 0.462 e. The molecule has 0 aliphatic heterocycles. The van der Waals surface area contributed by atoms with Crippen molar-refractivity contribution in [3.63, 3.8) is 0 Å². The topological polar surface area (TPSA) is 237 Å². The van der Waals surface area contributed by atoms with Crippen LogP contribution >= 0.6 is 15.6 Å². The summed E-state index contributed by atoms with van der Waals surface area (Å²) in [6.45, 7) is 11.7. The number of carbonyl (C=O) groups is 4. The van der Waals surface area contributed by atoms with Gasteiger partial charge in [-0.2, -0.15) is 0 Å². The summed E-state index contributed by atoms with van der Waals surface area (Å²) in [5.41, 5.74) is 0. The third-order valence-corrected chi connectivity index (χ3v) is 17.9. The lowest BCUT2D eigenvalue weighted by Crippen LogP contribution is -2.30. The van der Waals surface area contributed by atoms with Gasteiger partial charge in [-0.15, -0.1) is 0 Å². The van der Waals surface area contributed by atoms with Gasteiger partial charge in [-0.25, -0.2) is 9.13 Å². The Kier molecular flexibility index (Phi) is 57.9. The average molecular weight is 1290 g/mol. The molecule has 0 fully saturated rings. The van der Waals surface area contributed by atoms with Gasteiger partial charge in [-0.1, -0.05) is 265 Å². The number of hydrogen-bond donors (Lipinski definition) is 3. The highest BCUT2D eigenvalue weighted by molar-refractivity contribution is 7.47. The number of unbranched alkanes of at least 4 members (excludes halogenated alkanes) is 28. The fourth-order valence-electron chi connectivity index (χ4n) is 9.76.